The smallest absolute Gasteiger partial charge is 0.120 e. The second-order valence-corrected chi connectivity index (χ2v) is 7.56. The molecule has 86 valence electrons. The van der Waals surface area contributed by atoms with Gasteiger partial charge in [-0.25, -0.2) is 0 Å². The monoisotopic (exact) mass is 346 g/mol. The van der Waals surface area contributed by atoms with E-state index < -0.39 is 19.5 Å². The van der Waals surface area contributed by atoms with E-state index in [1.807, 2.05) is 0 Å². The van der Waals surface area contributed by atoms with Crippen LogP contribution in [0.15, 0.2) is 10.1 Å². The van der Waals surface area contributed by atoms with Crippen molar-refractivity contribution in [2.24, 2.45) is 5.92 Å². The van der Waals surface area contributed by atoms with Crippen LogP contribution in [0.3, 0.4) is 0 Å². The lowest BCUT2D eigenvalue weighted by Gasteiger charge is -2.32. The molecule has 15 heavy (non-hydrogen) atoms. The van der Waals surface area contributed by atoms with Crippen molar-refractivity contribution in [3.05, 3.63) is 10.1 Å². The summed E-state index contributed by atoms with van der Waals surface area (Å²) < 4.78 is -1.51. The second kappa shape index (κ2) is 3.41. The maximum Gasteiger partial charge on any atom is 0.168 e. The van der Waals surface area contributed by atoms with Gasteiger partial charge in [0, 0.05) is 5.92 Å². The fourth-order valence-electron chi connectivity index (χ4n) is 2.19. The predicted octanol–water partition coefficient (Wildman–Crippen LogP) is 5.08. The zero-order valence-corrected chi connectivity index (χ0v) is 12.6. The van der Waals surface area contributed by atoms with Crippen molar-refractivity contribution >= 4 is 81.2 Å². The van der Waals surface area contributed by atoms with Gasteiger partial charge in [0.05, 0.1) is 15.4 Å². The Labute approximate surface area is 123 Å². The molecule has 2 rings (SSSR count). The minimum absolute atomic E-state index is 0.143. The van der Waals surface area contributed by atoms with Crippen LogP contribution in [0.5, 0.6) is 0 Å². The molecule has 0 N–H and O–H groups in total. The lowest BCUT2D eigenvalue weighted by atomic mass is 9.94. The summed E-state index contributed by atoms with van der Waals surface area (Å²) in [5.41, 5.74) is 0. The highest BCUT2D eigenvalue weighted by molar-refractivity contribution is 6.67. The van der Waals surface area contributed by atoms with E-state index in [4.69, 9.17) is 81.2 Å². The number of allylic oxidation sites excluding steroid dienone is 2. The highest BCUT2D eigenvalue weighted by Gasteiger charge is 2.81. The fraction of sp³-hybridized carbons (Fsp3) is 0.750. The Bertz CT molecular complexity index is 330. The van der Waals surface area contributed by atoms with Gasteiger partial charge in [0.2, 0.25) is 0 Å². The van der Waals surface area contributed by atoms with Gasteiger partial charge in [0.1, 0.15) is 9.75 Å². The van der Waals surface area contributed by atoms with Gasteiger partial charge in [-0.05, 0) is 0 Å². The summed E-state index contributed by atoms with van der Waals surface area (Å²) in [6.45, 7) is 1.79. The molecule has 0 aromatic carbocycles. The third-order valence-electron chi connectivity index (χ3n) is 3.19. The molecule has 2 aliphatic rings. The maximum absolute atomic E-state index is 6.36. The Morgan fingerprint density at radius 2 is 1.33 bits per heavy atom. The van der Waals surface area contributed by atoms with Crippen LogP contribution in [0.4, 0.5) is 0 Å². The summed E-state index contributed by atoms with van der Waals surface area (Å²) in [6, 6.07) is 0. The molecule has 0 spiro atoms. The lowest BCUT2D eigenvalue weighted by Crippen LogP contribution is -2.44. The van der Waals surface area contributed by atoms with E-state index in [-0.39, 0.29) is 16.0 Å². The Balaban J connectivity index is 2.76. The summed E-state index contributed by atoms with van der Waals surface area (Å²) >= 11 is 43.3. The molecule has 2 bridgehead atoms. The summed E-state index contributed by atoms with van der Waals surface area (Å²) in [5, 5.41) is -0.235. The number of hydrogen-bond donors (Lipinski definition) is 0. The lowest BCUT2D eigenvalue weighted by molar-refractivity contribution is 0.516. The molecular formula is C8H5Cl7. The molecule has 0 aromatic rings. The van der Waals surface area contributed by atoms with E-state index in [1.54, 1.807) is 6.92 Å². The molecule has 0 aromatic heterocycles. The number of hydrogen-bond acceptors (Lipinski definition) is 0. The Kier molecular flexibility index (Phi) is 3.00. The molecule has 0 heterocycles. The molecule has 0 aliphatic heterocycles. The SMILES string of the molecule is C[C@H]1[C@H](Cl)[C@]2(Cl)C(Cl)=C(Cl)[C@]1(Cl)C2(Cl)Cl. The minimum Gasteiger partial charge on any atom is -0.120 e. The van der Waals surface area contributed by atoms with Gasteiger partial charge < -0.3 is 0 Å². The van der Waals surface area contributed by atoms with Crippen molar-refractivity contribution in [3.8, 4) is 0 Å². The van der Waals surface area contributed by atoms with E-state index in [0.717, 1.165) is 0 Å². The first-order chi connectivity index (χ1) is 6.63. The van der Waals surface area contributed by atoms with E-state index in [0.29, 0.717) is 0 Å². The molecule has 0 unspecified atom stereocenters. The van der Waals surface area contributed by atoms with Crippen LogP contribution in [0.25, 0.3) is 0 Å². The van der Waals surface area contributed by atoms with Crippen LogP contribution < -0.4 is 0 Å². The Morgan fingerprint density at radius 1 is 0.933 bits per heavy atom. The highest BCUT2D eigenvalue weighted by atomic mass is 35.5. The molecule has 0 amide bonds. The molecule has 0 radical (unpaired) electrons. The van der Waals surface area contributed by atoms with Gasteiger partial charge in [-0.3, -0.25) is 0 Å². The van der Waals surface area contributed by atoms with E-state index >= 15 is 0 Å². The topological polar surface area (TPSA) is 0 Å². The third kappa shape index (κ3) is 1.12. The number of halogens is 7. The van der Waals surface area contributed by atoms with Gasteiger partial charge >= 0.3 is 0 Å². The number of rotatable bonds is 0. The van der Waals surface area contributed by atoms with Crippen molar-refractivity contribution in [2.75, 3.05) is 0 Å². The second-order valence-electron chi connectivity index (χ2n) is 3.82. The zero-order chi connectivity index (χ0) is 11.8. The first-order valence-corrected chi connectivity index (χ1v) is 6.79. The summed E-state index contributed by atoms with van der Waals surface area (Å²) in [5.74, 6) is -0.275. The predicted molar refractivity (Wildman–Crippen MR) is 69.1 cm³/mol. The van der Waals surface area contributed by atoms with Crippen LogP contribution in [0.1, 0.15) is 6.92 Å². The van der Waals surface area contributed by atoms with Crippen LogP contribution in [0.2, 0.25) is 0 Å². The molecular weight excluding hydrogens is 344 g/mol. The average molecular weight is 349 g/mol. The van der Waals surface area contributed by atoms with Crippen molar-refractivity contribution in [3.63, 3.8) is 0 Å². The molecule has 4 atom stereocenters. The quantitative estimate of drug-likeness (QED) is 0.535. The van der Waals surface area contributed by atoms with Gasteiger partial charge in [-0.1, -0.05) is 53.3 Å². The van der Waals surface area contributed by atoms with Crippen molar-refractivity contribution in [1.82, 2.24) is 0 Å². The van der Waals surface area contributed by atoms with Crippen molar-refractivity contribution in [1.29, 1.82) is 0 Å². The normalized spacial score (nSPS) is 52.8. The third-order valence-corrected chi connectivity index (χ3v) is 8.38. The van der Waals surface area contributed by atoms with E-state index in [9.17, 15) is 0 Å². The van der Waals surface area contributed by atoms with Crippen LogP contribution in [0, 0.1) is 5.92 Å². The largest absolute Gasteiger partial charge is 0.168 e. The Hall–Kier alpha value is 1.77. The molecule has 1 saturated carbocycles. The Morgan fingerprint density at radius 3 is 1.67 bits per heavy atom. The first-order valence-electron chi connectivity index (χ1n) is 4.09. The maximum atomic E-state index is 6.36. The fourth-order valence-corrected chi connectivity index (χ4v) is 5.85. The number of fused-ring (bicyclic) bond motifs is 2. The van der Waals surface area contributed by atoms with Gasteiger partial charge in [-0.15, -0.1) is 34.8 Å². The summed E-state index contributed by atoms with van der Waals surface area (Å²) in [6.07, 6.45) is 0. The standard InChI is InChI=1S/C8H5Cl7/c1-2-3(9)7(13)5(11)4(10)6(2,12)8(7,14)15/h2-3H,1H3/t2-,3-,6-,7-/m0/s1. The minimum atomic E-state index is -1.51. The summed E-state index contributed by atoms with van der Waals surface area (Å²) in [4.78, 5) is -2.54. The van der Waals surface area contributed by atoms with Crippen molar-refractivity contribution in [2.45, 2.75) is 26.4 Å². The van der Waals surface area contributed by atoms with Crippen LogP contribution >= 0.6 is 81.2 Å². The van der Waals surface area contributed by atoms with Crippen LogP contribution in [-0.4, -0.2) is 19.5 Å². The molecule has 7 heteroatoms. The van der Waals surface area contributed by atoms with Crippen LogP contribution in [-0.2, 0) is 0 Å². The van der Waals surface area contributed by atoms with E-state index in [1.165, 1.54) is 0 Å². The van der Waals surface area contributed by atoms with Gasteiger partial charge in [-0.2, -0.15) is 0 Å². The molecule has 2 aliphatic carbocycles. The first kappa shape index (κ1) is 13.2. The van der Waals surface area contributed by atoms with Gasteiger partial charge in [0.25, 0.3) is 0 Å². The molecule has 0 nitrogen and oxygen atoms in total. The van der Waals surface area contributed by atoms with Gasteiger partial charge in [0.15, 0.2) is 4.33 Å². The van der Waals surface area contributed by atoms with Crippen molar-refractivity contribution < 1.29 is 0 Å². The summed E-state index contributed by atoms with van der Waals surface area (Å²) in [7, 11) is 0. The number of alkyl halides is 5. The van der Waals surface area contributed by atoms with E-state index in [2.05, 4.69) is 0 Å². The highest BCUT2D eigenvalue weighted by Crippen LogP contribution is 2.75. The zero-order valence-electron chi connectivity index (χ0n) is 7.30. The molecule has 0 saturated heterocycles. The average Bonchev–Trinajstić information content (AvgIpc) is 2.34. The molecule has 1 fully saturated rings.